The van der Waals surface area contributed by atoms with Crippen molar-refractivity contribution in [3.05, 3.63) is 0 Å². The number of carbonyl (C=O) groups is 1. The Hall–Kier alpha value is -0.610. The Labute approximate surface area is 111 Å². The third kappa shape index (κ3) is 8.48. The first-order valence-corrected chi connectivity index (χ1v) is 7.19. The SMILES string of the molecule is CCCCC(CC)COCC(NCCC)C(=O)O. The molecule has 0 aliphatic heterocycles. The van der Waals surface area contributed by atoms with E-state index in [1.165, 1.54) is 19.3 Å². The molecule has 2 unspecified atom stereocenters. The smallest absolute Gasteiger partial charge is 0.323 e. The number of carboxylic acid groups (broad SMARTS) is 1. The minimum Gasteiger partial charge on any atom is -0.480 e. The van der Waals surface area contributed by atoms with E-state index in [1.54, 1.807) is 0 Å². The van der Waals surface area contributed by atoms with Gasteiger partial charge in [-0.05, 0) is 25.3 Å². The highest BCUT2D eigenvalue weighted by Gasteiger charge is 2.17. The fourth-order valence-electron chi connectivity index (χ4n) is 1.79. The van der Waals surface area contributed by atoms with E-state index in [2.05, 4.69) is 19.2 Å². The zero-order valence-corrected chi connectivity index (χ0v) is 12.1. The second-order valence-electron chi connectivity index (χ2n) is 4.80. The number of ether oxygens (including phenoxy) is 1. The highest BCUT2D eigenvalue weighted by atomic mass is 16.5. The van der Waals surface area contributed by atoms with Crippen LogP contribution in [0, 0.1) is 5.92 Å². The normalized spacial score (nSPS) is 14.4. The average Bonchev–Trinajstić information content (AvgIpc) is 2.36. The highest BCUT2D eigenvalue weighted by molar-refractivity contribution is 5.73. The van der Waals surface area contributed by atoms with E-state index >= 15 is 0 Å². The monoisotopic (exact) mass is 259 g/mol. The van der Waals surface area contributed by atoms with Crippen molar-refractivity contribution in [2.24, 2.45) is 5.92 Å². The molecule has 0 aliphatic rings. The predicted molar refractivity (Wildman–Crippen MR) is 73.8 cm³/mol. The van der Waals surface area contributed by atoms with Crippen LogP contribution in [0.25, 0.3) is 0 Å². The summed E-state index contributed by atoms with van der Waals surface area (Å²) in [6.07, 6.45) is 5.62. The summed E-state index contributed by atoms with van der Waals surface area (Å²) in [4.78, 5) is 11.0. The molecule has 0 amide bonds. The number of aliphatic carboxylic acids is 1. The van der Waals surface area contributed by atoms with Gasteiger partial charge in [-0.2, -0.15) is 0 Å². The van der Waals surface area contributed by atoms with Crippen molar-refractivity contribution in [2.75, 3.05) is 19.8 Å². The van der Waals surface area contributed by atoms with E-state index in [0.717, 1.165) is 12.8 Å². The molecule has 4 nitrogen and oxygen atoms in total. The zero-order valence-electron chi connectivity index (χ0n) is 12.1. The molecule has 0 spiro atoms. The Morgan fingerprint density at radius 1 is 1.22 bits per heavy atom. The number of nitrogens with one attached hydrogen (secondary N) is 1. The Kier molecular flexibility index (Phi) is 11.1. The van der Waals surface area contributed by atoms with Gasteiger partial charge in [0.25, 0.3) is 0 Å². The first-order chi connectivity index (χ1) is 8.65. The van der Waals surface area contributed by atoms with E-state index < -0.39 is 12.0 Å². The van der Waals surface area contributed by atoms with E-state index in [9.17, 15) is 4.79 Å². The molecule has 0 radical (unpaired) electrons. The molecule has 0 aromatic rings. The zero-order chi connectivity index (χ0) is 13.8. The van der Waals surface area contributed by atoms with Crippen molar-refractivity contribution in [3.8, 4) is 0 Å². The van der Waals surface area contributed by atoms with Crippen molar-refractivity contribution in [1.82, 2.24) is 5.32 Å². The number of hydrogen-bond donors (Lipinski definition) is 2. The topological polar surface area (TPSA) is 58.6 Å². The Morgan fingerprint density at radius 2 is 1.94 bits per heavy atom. The molecular weight excluding hydrogens is 230 g/mol. The van der Waals surface area contributed by atoms with Gasteiger partial charge in [0.1, 0.15) is 6.04 Å². The molecule has 0 rings (SSSR count). The molecule has 0 saturated heterocycles. The van der Waals surface area contributed by atoms with Gasteiger partial charge in [-0.1, -0.05) is 40.0 Å². The van der Waals surface area contributed by atoms with Crippen LogP contribution >= 0.6 is 0 Å². The van der Waals surface area contributed by atoms with Crippen LogP contribution in [0.1, 0.15) is 52.9 Å². The lowest BCUT2D eigenvalue weighted by Gasteiger charge is -2.18. The molecule has 0 heterocycles. The second kappa shape index (κ2) is 11.5. The van der Waals surface area contributed by atoms with Gasteiger partial charge in [0.2, 0.25) is 0 Å². The first-order valence-electron chi connectivity index (χ1n) is 7.19. The van der Waals surface area contributed by atoms with Gasteiger partial charge in [-0.15, -0.1) is 0 Å². The lowest BCUT2D eigenvalue weighted by Crippen LogP contribution is -2.41. The minimum atomic E-state index is -0.829. The third-order valence-corrected chi connectivity index (χ3v) is 3.12. The molecular formula is C14H29NO3. The van der Waals surface area contributed by atoms with Crippen molar-refractivity contribution in [2.45, 2.75) is 58.9 Å². The Morgan fingerprint density at radius 3 is 2.44 bits per heavy atom. The van der Waals surface area contributed by atoms with Crippen LogP contribution in [-0.2, 0) is 9.53 Å². The van der Waals surface area contributed by atoms with Crippen molar-refractivity contribution >= 4 is 5.97 Å². The Bertz CT molecular complexity index is 209. The van der Waals surface area contributed by atoms with Crippen molar-refractivity contribution < 1.29 is 14.6 Å². The van der Waals surface area contributed by atoms with Gasteiger partial charge in [0.05, 0.1) is 6.61 Å². The van der Waals surface area contributed by atoms with Crippen molar-refractivity contribution in [3.63, 3.8) is 0 Å². The van der Waals surface area contributed by atoms with Crippen LogP contribution in [0.3, 0.4) is 0 Å². The van der Waals surface area contributed by atoms with Gasteiger partial charge in [0, 0.05) is 6.61 Å². The largest absolute Gasteiger partial charge is 0.480 e. The maximum absolute atomic E-state index is 11.0. The number of hydrogen-bond acceptors (Lipinski definition) is 3. The summed E-state index contributed by atoms with van der Waals surface area (Å²) in [5.41, 5.74) is 0. The van der Waals surface area contributed by atoms with Crippen molar-refractivity contribution in [1.29, 1.82) is 0 Å². The second-order valence-corrected chi connectivity index (χ2v) is 4.80. The average molecular weight is 259 g/mol. The third-order valence-electron chi connectivity index (χ3n) is 3.12. The molecule has 0 aliphatic carbocycles. The summed E-state index contributed by atoms with van der Waals surface area (Å²) in [6.45, 7) is 8.01. The molecule has 0 aromatic carbocycles. The van der Waals surface area contributed by atoms with Gasteiger partial charge in [0.15, 0.2) is 0 Å². The maximum Gasteiger partial charge on any atom is 0.323 e. The first kappa shape index (κ1) is 17.4. The summed E-state index contributed by atoms with van der Waals surface area (Å²) >= 11 is 0. The lowest BCUT2D eigenvalue weighted by molar-refractivity contribution is -0.141. The van der Waals surface area contributed by atoms with E-state index in [1.807, 2.05) is 6.92 Å². The summed E-state index contributed by atoms with van der Waals surface area (Å²) < 4.78 is 5.56. The standard InChI is InChI=1S/C14H29NO3/c1-4-7-8-12(6-3)10-18-11-13(14(16)17)15-9-5-2/h12-13,15H,4-11H2,1-3H3,(H,16,17). The fourth-order valence-corrected chi connectivity index (χ4v) is 1.79. The van der Waals surface area contributed by atoms with E-state index in [4.69, 9.17) is 9.84 Å². The summed E-state index contributed by atoms with van der Waals surface area (Å²) in [5, 5.41) is 12.0. The molecule has 0 aromatic heterocycles. The van der Waals surface area contributed by atoms with Crippen LogP contribution in [0.4, 0.5) is 0 Å². The van der Waals surface area contributed by atoms with Crippen LogP contribution in [0.2, 0.25) is 0 Å². The quantitative estimate of drug-likeness (QED) is 0.566. The molecule has 18 heavy (non-hydrogen) atoms. The lowest BCUT2D eigenvalue weighted by atomic mass is 10.0. The molecule has 0 saturated carbocycles. The molecule has 0 bridgehead atoms. The number of unbranched alkanes of at least 4 members (excludes halogenated alkanes) is 1. The van der Waals surface area contributed by atoms with Gasteiger partial charge in [-0.25, -0.2) is 0 Å². The number of carboxylic acids is 1. The highest BCUT2D eigenvalue weighted by Crippen LogP contribution is 2.12. The van der Waals surface area contributed by atoms with Crippen LogP contribution < -0.4 is 5.32 Å². The predicted octanol–water partition coefficient (Wildman–Crippen LogP) is 2.67. The molecule has 108 valence electrons. The van der Waals surface area contributed by atoms with Crippen LogP contribution in [0.5, 0.6) is 0 Å². The summed E-state index contributed by atoms with van der Waals surface area (Å²) in [5.74, 6) is -0.268. The molecule has 2 N–H and O–H groups in total. The van der Waals surface area contributed by atoms with Crippen LogP contribution in [0.15, 0.2) is 0 Å². The van der Waals surface area contributed by atoms with Crippen LogP contribution in [-0.4, -0.2) is 36.9 Å². The van der Waals surface area contributed by atoms with Gasteiger partial charge < -0.3 is 15.2 Å². The number of rotatable bonds is 12. The summed E-state index contributed by atoms with van der Waals surface area (Å²) in [6, 6.07) is -0.575. The molecule has 2 atom stereocenters. The maximum atomic E-state index is 11.0. The Balaban J connectivity index is 3.84. The molecule has 0 fully saturated rings. The fraction of sp³-hybridized carbons (Fsp3) is 0.929. The van der Waals surface area contributed by atoms with E-state index in [-0.39, 0.29) is 6.61 Å². The minimum absolute atomic E-state index is 0.262. The van der Waals surface area contributed by atoms with Gasteiger partial charge in [-0.3, -0.25) is 4.79 Å². The summed E-state index contributed by atoms with van der Waals surface area (Å²) in [7, 11) is 0. The van der Waals surface area contributed by atoms with E-state index in [0.29, 0.717) is 19.1 Å². The van der Waals surface area contributed by atoms with Gasteiger partial charge >= 0.3 is 5.97 Å². The molecule has 4 heteroatoms.